The van der Waals surface area contributed by atoms with Crippen LogP contribution in [0.3, 0.4) is 0 Å². The molecule has 0 amide bonds. The van der Waals surface area contributed by atoms with Crippen molar-refractivity contribution in [2.45, 2.75) is 45.6 Å². The van der Waals surface area contributed by atoms with Crippen molar-refractivity contribution >= 4 is 11.4 Å². The molecule has 0 aliphatic rings. The minimum absolute atomic E-state index is 0.0139. The Labute approximate surface area is 111 Å². The van der Waals surface area contributed by atoms with Gasteiger partial charge in [-0.3, -0.25) is 10.1 Å². The van der Waals surface area contributed by atoms with E-state index in [1.54, 1.807) is 0 Å². The first-order chi connectivity index (χ1) is 8.99. The molecular formula is C13H18F2N2O2. The number of anilines is 1. The summed E-state index contributed by atoms with van der Waals surface area (Å²) in [5.41, 5.74) is -0.726. The normalized spacial score (nSPS) is 10.8. The van der Waals surface area contributed by atoms with Crippen LogP contribution in [0.1, 0.15) is 39.5 Å². The number of nitrogens with zero attached hydrogens (tertiary/aromatic N) is 1. The van der Waals surface area contributed by atoms with Gasteiger partial charge in [-0.15, -0.1) is 0 Å². The van der Waals surface area contributed by atoms with E-state index in [9.17, 15) is 18.9 Å². The average Bonchev–Trinajstić information content (AvgIpc) is 2.32. The number of halogens is 2. The van der Waals surface area contributed by atoms with Crippen LogP contribution in [-0.4, -0.2) is 11.0 Å². The molecule has 0 aliphatic carbocycles. The van der Waals surface area contributed by atoms with Gasteiger partial charge in [-0.05, 0) is 12.8 Å². The Bertz CT molecular complexity index is 447. The summed E-state index contributed by atoms with van der Waals surface area (Å²) in [6, 6.07) is 1.51. The van der Waals surface area contributed by atoms with Crippen molar-refractivity contribution in [3.05, 3.63) is 33.9 Å². The lowest BCUT2D eigenvalue weighted by molar-refractivity contribution is -0.387. The van der Waals surface area contributed by atoms with Crippen molar-refractivity contribution in [2.75, 3.05) is 5.32 Å². The monoisotopic (exact) mass is 272 g/mol. The minimum atomic E-state index is -1.16. The predicted octanol–water partition coefficient (Wildman–Crippen LogP) is 4.25. The van der Waals surface area contributed by atoms with E-state index in [0.29, 0.717) is 6.07 Å². The van der Waals surface area contributed by atoms with Crippen LogP contribution >= 0.6 is 0 Å². The van der Waals surface area contributed by atoms with Gasteiger partial charge in [0.05, 0.1) is 10.6 Å². The van der Waals surface area contributed by atoms with Crippen LogP contribution in [0, 0.1) is 21.7 Å². The molecule has 4 nitrogen and oxygen atoms in total. The topological polar surface area (TPSA) is 55.2 Å². The molecule has 0 fully saturated rings. The molecule has 1 rings (SSSR count). The summed E-state index contributed by atoms with van der Waals surface area (Å²) >= 11 is 0. The lowest BCUT2D eigenvalue weighted by Crippen LogP contribution is -2.20. The zero-order valence-corrected chi connectivity index (χ0v) is 11.1. The summed E-state index contributed by atoms with van der Waals surface area (Å²) in [7, 11) is 0. The molecule has 0 spiro atoms. The van der Waals surface area contributed by atoms with Gasteiger partial charge in [0.2, 0.25) is 5.82 Å². The van der Waals surface area contributed by atoms with Gasteiger partial charge in [0.25, 0.3) is 0 Å². The van der Waals surface area contributed by atoms with Crippen molar-refractivity contribution in [3.63, 3.8) is 0 Å². The standard InChI is InChI=1S/C13H18F2N2O2/c1-3-5-9(6-4-2)16-12-8-13(17(18)19)11(15)7-10(12)14/h7-9,16H,3-6H2,1-2H3. The lowest BCUT2D eigenvalue weighted by atomic mass is 10.1. The number of benzene rings is 1. The van der Waals surface area contributed by atoms with Crippen LogP contribution in [0.2, 0.25) is 0 Å². The van der Waals surface area contributed by atoms with Crippen LogP contribution in [0.5, 0.6) is 0 Å². The summed E-state index contributed by atoms with van der Waals surface area (Å²) < 4.78 is 26.8. The summed E-state index contributed by atoms with van der Waals surface area (Å²) in [4.78, 5) is 9.79. The number of hydrogen-bond donors (Lipinski definition) is 1. The van der Waals surface area contributed by atoms with E-state index in [4.69, 9.17) is 0 Å². The Hall–Kier alpha value is -1.72. The van der Waals surface area contributed by atoms with Crippen molar-refractivity contribution < 1.29 is 13.7 Å². The minimum Gasteiger partial charge on any atom is -0.380 e. The first kappa shape index (κ1) is 15.3. The van der Waals surface area contributed by atoms with Crippen molar-refractivity contribution in [3.8, 4) is 0 Å². The molecule has 0 aliphatic heterocycles. The van der Waals surface area contributed by atoms with Gasteiger partial charge >= 0.3 is 5.69 Å². The van der Waals surface area contributed by atoms with Crippen molar-refractivity contribution in [2.24, 2.45) is 0 Å². The molecule has 6 heteroatoms. The summed E-state index contributed by atoms with van der Waals surface area (Å²) in [6.45, 7) is 4.02. The highest BCUT2D eigenvalue weighted by molar-refractivity contribution is 5.53. The highest BCUT2D eigenvalue weighted by atomic mass is 19.1. The van der Waals surface area contributed by atoms with Gasteiger partial charge in [0.15, 0.2) is 0 Å². The van der Waals surface area contributed by atoms with E-state index in [1.165, 1.54) is 0 Å². The maximum Gasteiger partial charge on any atom is 0.307 e. The zero-order valence-electron chi connectivity index (χ0n) is 11.1. The fourth-order valence-corrected chi connectivity index (χ4v) is 1.99. The maximum atomic E-state index is 13.6. The van der Waals surface area contributed by atoms with E-state index in [-0.39, 0.29) is 11.7 Å². The summed E-state index contributed by atoms with van der Waals surface area (Å²) in [5.74, 6) is -1.96. The molecule has 0 heterocycles. The second-order valence-electron chi connectivity index (χ2n) is 4.46. The van der Waals surface area contributed by atoms with E-state index >= 15 is 0 Å². The molecule has 1 N–H and O–H groups in total. The molecule has 0 aromatic heterocycles. The van der Waals surface area contributed by atoms with Gasteiger partial charge in [-0.25, -0.2) is 4.39 Å². The zero-order chi connectivity index (χ0) is 14.4. The molecule has 106 valence electrons. The molecule has 0 bridgehead atoms. The summed E-state index contributed by atoms with van der Waals surface area (Å²) in [5, 5.41) is 13.6. The number of hydrogen-bond acceptors (Lipinski definition) is 3. The second kappa shape index (κ2) is 7.01. The smallest absolute Gasteiger partial charge is 0.307 e. The van der Waals surface area contributed by atoms with Gasteiger partial charge in [-0.2, -0.15) is 4.39 Å². The van der Waals surface area contributed by atoms with Crippen LogP contribution in [0.25, 0.3) is 0 Å². The van der Waals surface area contributed by atoms with Crippen LogP contribution in [0.4, 0.5) is 20.2 Å². The van der Waals surface area contributed by atoms with Crippen LogP contribution in [0.15, 0.2) is 12.1 Å². The molecule has 0 radical (unpaired) electrons. The maximum absolute atomic E-state index is 13.6. The van der Waals surface area contributed by atoms with Crippen LogP contribution in [-0.2, 0) is 0 Å². The van der Waals surface area contributed by atoms with E-state index < -0.39 is 22.2 Å². The fourth-order valence-electron chi connectivity index (χ4n) is 1.99. The number of nitrogens with one attached hydrogen (secondary N) is 1. The van der Waals surface area contributed by atoms with Crippen molar-refractivity contribution in [1.29, 1.82) is 0 Å². The first-order valence-corrected chi connectivity index (χ1v) is 6.39. The number of nitro groups is 1. The van der Waals surface area contributed by atoms with E-state index in [2.05, 4.69) is 5.32 Å². The molecule has 1 aromatic carbocycles. The third kappa shape index (κ3) is 4.15. The Morgan fingerprint density at radius 2 is 1.79 bits per heavy atom. The lowest BCUT2D eigenvalue weighted by Gasteiger charge is -2.19. The molecule has 0 saturated heterocycles. The second-order valence-corrected chi connectivity index (χ2v) is 4.46. The predicted molar refractivity (Wildman–Crippen MR) is 70.2 cm³/mol. The fraction of sp³-hybridized carbons (Fsp3) is 0.538. The largest absolute Gasteiger partial charge is 0.380 e. The van der Waals surface area contributed by atoms with Gasteiger partial charge in [-0.1, -0.05) is 26.7 Å². The molecule has 0 unspecified atom stereocenters. The Balaban J connectivity index is 2.98. The molecule has 19 heavy (non-hydrogen) atoms. The van der Waals surface area contributed by atoms with Crippen molar-refractivity contribution in [1.82, 2.24) is 0 Å². The highest BCUT2D eigenvalue weighted by Gasteiger charge is 2.19. The van der Waals surface area contributed by atoms with Gasteiger partial charge < -0.3 is 5.32 Å². The van der Waals surface area contributed by atoms with Gasteiger partial charge in [0.1, 0.15) is 5.82 Å². The third-order valence-corrected chi connectivity index (χ3v) is 2.87. The number of nitro benzene ring substituents is 1. The van der Waals surface area contributed by atoms with E-state index in [0.717, 1.165) is 31.7 Å². The molecule has 0 atom stereocenters. The summed E-state index contributed by atoms with van der Waals surface area (Å²) in [6.07, 6.45) is 3.50. The average molecular weight is 272 g/mol. The molecular weight excluding hydrogens is 254 g/mol. The quantitative estimate of drug-likeness (QED) is 0.596. The van der Waals surface area contributed by atoms with E-state index in [1.807, 2.05) is 13.8 Å². The Morgan fingerprint density at radius 1 is 1.21 bits per heavy atom. The first-order valence-electron chi connectivity index (χ1n) is 6.39. The highest BCUT2D eigenvalue weighted by Crippen LogP contribution is 2.26. The van der Waals surface area contributed by atoms with Gasteiger partial charge in [0, 0.05) is 18.2 Å². The SMILES string of the molecule is CCCC(CCC)Nc1cc([N+](=O)[O-])c(F)cc1F. The Morgan fingerprint density at radius 3 is 2.26 bits per heavy atom. The van der Waals surface area contributed by atoms with Crippen LogP contribution < -0.4 is 5.32 Å². The molecule has 0 saturated carbocycles. The molecule has 1 aromatic rings. The number of rotatable bonds is 7. The third-order valence-electron chi connectivity index (χ3n) is 2.87. The Kier molecular flexibility index (Phi) is 5.66.